The van der Waals surface area contributed by atoms with Crippen LogP contribution < -0.4 is 4.72 Å². The van der Waals surface area contributed by atoms with Gasteiger partial charge in [0, 0.05) is 5.56 Å². The quantitative estimate of drug-likeness (QED) is 0.766. The van der Waals surface area contributed by atoms with Crippen LogP contribution in [0.15, 0.2) is 33.9 Å². The number of sulfonamides is 1. The molecule has 0 aliphatic rings. The summed E-state index contributed by atoms with van der Waals surface area (Å²) in [6, 6.07) is 5.42. The predicted molar refractivity (Wildman–Crippen MR) is 77.9 cm³/mol. The second kappa shape index (κ2) is 6.72. The lowest BCUT2D eigenvalue weighted by atomic mass is 10.2. The minimum atomic E-state index is -4.03. The van der Waals surface area contributed by atoms with Gasteiger partial charge in [-0.15, -0.1) is 5.10 Å². The van der Waals surface area contributed by atoms with Gasteiger partial charge in [0.05, 0.1) is 18.1 Å². The zero-order chi connectivity index (χ0) is 17.1. The maximum absolute atomic E-state index is 13.5. The molecule has 0 fully saturated rings. The molecule has 23 heavy (non-hydrogen) atoms. The van der Waals surface area contributed by atoms with E-state index in [1.807, 2.05) is 0 Å². The van der Waals surface area contributed by atoms with Gasteiger partial charge in [-0.25, -0.2) is 25.9 Å². The predicted octanol–water partition coefficient (Wildman–Crippen LogP) is 0.622. The standard InChI is InChI=1S/C12H14FN3O5S2/c1-2-23(19,20)14-7-11-15-16-12(21-11)22(17,18)8-9-5-3-4-6-10(9)13/h3-6,14H,2,7-8H2,1H3. The summed E-state index contributed by atoms with van der Waals surface area (Å²) in [7, 11) is -7.51. The Bertz CT molecular complexity index is 893. The Morgan fingerprint density at radius 1 is 1.17 bits per heavy atom. The van der Waals surface area contributed by atoms with Crippen molar-refractivity contribution in [3.05, 3.63) is 41.5 Å². The maximum atomic E-state index is 13.5. The largest absolute Gasteiger partial charge is 0.411 e. The van der Waals surface area contributed by atoms with E-state index < -0.39 is 36.7 Å². The molecule has 0 unspecified atom stereocenters. The first-order valence-electron chi connectivity index (χ1n) is 6.49. The summed E-state index contributed by atoms with van der Waals surface area (Å²) in [6.07, 6.45) is 0. The molecule has 0 bridgehead atoms. The number of benzene rings is 1. The van der Waals surface area contributed by atoms with Gasteiger partial charge in [0.15, 0.2) is 0 Å². The normalized spacial score (nSPS) is 12.4. The molecule has 0 aliphatic carbocycles. The summed E-state index contributed by atoms with van der Waals surface area (Å²) in [4.78, 5) is 0. The SMILES string of the molecule is CCS(=O)(=O)NCc1nnc(S(=O)(=O)Cc2ccccc2F)o1. The molecular formula is C12H14FN3O5S2. The first-order chi connectivity index (χ1) is 10.7. The van der Waals surface area contributed by atoms with Crippen molar-refractivity contribution in [2.75, 3.05) is 5.75 Å². The Morgan fingerprint density at radius 2 is 1.87 bits per heavy atom. The highest BCUT2D eigenvalue weighted by Gasteiger charge is 2.24. The summed E-state index contributed by atoms with van der Waals surface area (Å²) >= 11 is 0. The van der Waals surface area contributed by atoms with Gasteiger partial charge < -0.3 is 4.42 Å². The van der Waals surface area contributed by atoms with E-state index in [1.165, 1.54) is 25.1 Å². The molecule has 1 heterocycles. The van der Waals surface area contributed by atoms with E-state index in [0.29, 0.717) is 0 Å². The number of hydrogen-bond acceptors (Lipinski definition) is 7. The first kappa shape index (κ1) is 17.5. The van der Waals surface area contributed by atoms with E-state index in [0.717, 1.165) is 6.07 Å². The molecule has 0 radical (unpaired) electrons. The van der Waals surface area contributed by atoms with E-state index in [9.17, 15) is 21.2 Å². The van der Waals surface area contributed by atoms with Crippen molar-refractivity contribution >= 4 is 19.9 Å². The molecule has 0 saturated heterocycles. The lowest BCUT2D eigenvalue weighted by molar-refractivity contribution is 0.393. The van der Waals surface area contributed by atoms with Gasteiger partial charge >= 0.3 is 5.22 Å². The number of aromatic nitrogens is 2. The zero-order valence-corrected chi connectivity index (χ0v) is 13.7. The van der Waals surface area contributed by atoms with Crippen LogP contribution in [-0.2, 0) is 32.2 Å². The molecule has 0 saturated carbocycles. The van der Waals surface area contributed by atoms with E-state index >= 15 is 0 Å². The van der Waals surface area contributed by atoms with Crippen LogP contribution >= 0.6 is 0 Å². The van der Waals surface area contributed by atoms with Crippen molar-refractivity contribution < 1.29 is 25.6 Å². The average Bonchev–Trinajstić information content (AvgIpc) is 2.97. The number of nitrogens with zero attached hydrogens (tertiary/aromatic N) is 2. The summed E-state index contributed by atoms with van der Waals surface area (Å²) in [6.45, 7) is 1.12. The third kappa shape index (κ3) is 4.56. The molecule has 0 aliphatic heterocycles. The Kier molecular flexibility index (Phi) is 5.12. The van der Waals surface area contributed by atoms with Crippen LogP contribution in [0.4, 0.5) is 4.39 Å². The van der Waals surface area contributed by atoms with Crippen molar-refractivity contribution in [3.63, 3.8) is 0 Å². The van der Waals surface area contributed by atoms with Gasteiger partial charge in [0.1, 0.15) is 5.82 Å². The topological polar surface area (TPSA) is 119 Å². The Balaban J connectivity index is 2.14. The van der Waals surface area contributed by atoms with Crippen LogP contribution in [0.2, 0.25) is 0 Å². The third-order valence-electron chi connectivity index (χ3n) is 2.84. The van der Waals surface area contributed by atoms with Gasteiger partial charge in [0.25, 0.3) is 0 Å². The van der Waals surface area contributed by atoms with Crippen molar-refractivity contribution in [1.82, 2.24) is 14.9 Å². The monoisotopic (exact) mass is 363 g/mol. The fourth-order valence-electron chi connectivity index (χ4n) is 1.59. The van der Waals surface area contributed by atoms with Gasteiger partial charge in [-0.3, -0.25) is 0 Å². The van der Waals surface area contributed by atoms with Crippen LogP contribution in [0.5, 0.6) is 0 Å². The first-order valence-corrected chi connectivity index (χ1v) is 9.80. The third-order valence-corrected chi connectivity index (χ3v) is 5.57. The number of rotatable bonds is 7. The number of sulfone groups is 1. The van der Waals surface area contributed by atoms with Crippen molar-refractivity contribution in [1.29, 1.82) is 0 Å². The number of nitrogens with one attached hydrogen (secondary N) is 1. The highest BCUT2D eigenvalue weighted by atomic mass is 32.2. The van der Waals surface area contributed by atoms with E-state index in [1.54, 1.807) is 0 Å². The number of hydrogen-bond donors (Lipinski definition) is 1. The maximum Gasteiger partial charge on any atom is 0.335 e. The second-order valence-electron chi connectivity index (χ2n) is 4.54. The lowest BCUT2D eigenvalue weighted by Crippen LogP contribution is -2.24. The van der Waals surface area contributed by atoms with Crippen molar-refractivity contribution in [2.45, 2.75) is 24.4 Å². The van der Waals surface area contributed by atoms with Crippen LogP contribution in [0.3, 0.4) is 0 Å². The molecule has 2 aromatic rings. The second-order valence-corrected chi connectivity index (χ2v) is 8.50. The van der Waals surface area contributed by atoms with Gasteiger partial charge in [-0.05, 0) is 13.0 Å². The molecule has 1 aromatic carbocycles. The molecule has 2 rings (SSSR count). The van der Waals surface area contributed by atoms with Gasteiger partial charge in [0.2, 0.25) is 25.8 Å². The highest BCUT2D eigenvalue weighted by Crippen LogP contribution is 2.17. The molecule has 0 amide bonds. The van der Waals surface area contributed by atoms with E-state index in [-0.39, 0.29) is 23.8 Å². The Labute approximate surface area is 132 Å². The highest BCUT2D eigenvalue weighted by molar-refractivity contribution is 7.90. The fourth-order valence-corrected chi connectivity index (χ4v) is 3.29. The van der Waals surface area contributed by atoms with Gasteiger partial charge in [-0.1, -0.05) is 23.3 Å². The van der Waals surface area contributed by atoms with Crippen LogP contribution in [0.25, 0.3) is 0 Å². The number of halogens is 1. The van der Waals surface area contributed by atoms with Crippen LogP contribution in [-0.4, -0.2) is 32.8 Å². The smallest absolute Gasteiger partial charge is 0.335 e. The minimum Gasteiger partial charge on any atom is -0.411 e. The summed E-state index contributed by atoms with van der Waals surface area (Å²) in [5.41, 5.74) is -0.0288. The molecule has 0 atom stereocenters. The molecule has 0 spiro atoms. The lowest BCUT2D eigenvalue weighted by Gasteiger charge is -2.02. The van der Waals surface area contributed by atoms with Crippen LogP contribution in [0.1, 0.15) is 18.4 Å². The van der Waals surface area contributed by atoms with Crippen molar-refractivity contribution in [3.8, 4) is 0 Å². The molecule has 8 nitrogen and oxygen atoms in total. The zero-order valence-electron chi connectivity index (χ0n) is 12.1. The van der Waals surface area contributed by atoms with Gasteiger partial charge in [-0.2, -0.15) is 0 Å². The molecular weight excluding hydrogens is 349 g/mol. The Morgan fingerprint density at radius 3 is 2.52 bits per heavy atom. The average molecular weight is 363 g/mol. The summed E-state index contributed by atoms with van der Waals surface area (Å²) in [5, 5.41) is 6.16. The molecule has 11 heteroatoms. The molecule has 126 valence electrons. The minimum absolute atomic E-state index is 0.0288. The fraction of sp³-hybridized carbons (Fsp3) is 0.333. The van der Waals surface area contributed by atoms with Crippen LogP contribution in [0, 0.1) is 5.82 Å². The summed E-state index contributed by atoms with van der Waals surface area (Å²) in [5.74, 6) is -1.64. The molecule has 1 aromatic heterocycles. The summed E-state index contributed by atoms with van der Waals surface area (Å²) < 4.78 is 67.5. The molecule has 1 N–H and O–H groups in total. The van der Waals surface area contributed by atoms with Crippen molar-refractivity contribution in [2.24, 2.45) is 0 Å². The van der Waals surface area contributed by atoms with E-state index in [2.05, 4.69) is 14.9 Å². The Hall–Kier alpha value is -1.85. The van der Waals surface area contributed by atoms with E-state index in [4.69, 9.17) is 4.42 Å².